The molecule has 0 aromatic rings. The van der Waals surface area contributed by atoms with Crippen molar-refractivity contribution in [2.24, 2.45) is 0 Å². The van der Waals surface area contributed by atoms with Crippen molar-refractivity contribution < 1.29 is 4.74 Å². The molecule has 0 radical (unpaired) electrons. The van der Waals surface area contributed by atoms with E-state index in [9.17, 15) is 0 Å². The SMILES string of the molecule is CCNC1CCCC1N(C)CCOC(C)C. The van der Waals surface area contributed by atoms with Crippen molar-refractivity contribution in [1.29, 1.82) is 0 Å². The summed E-state index contributed by atoms with van der Waals surface area (Å²) >= 11 is 0. The Kier molecular flexibility index (Phi) is 6.32. The largest absolute Gasteiger partial charge is 0.377 e. The molecule has 1 aliphatic rings. The van der Waals surface area contributed by atoms with Crippen LogP contribution >= 0.6 is 0 Å². The molecule has 3 heteroatoms. The predicted octanol–water partition coefficient (Wildman–Crippen LogP) is 1.87. The lowest BCUT2D eigenvalue weighted by Crippen LogP contribution is -2.46. The first-order valence-corrected chi connectivity index (χ1v) is 6.70. The molecule has 3 nitrogen and oxygen atoms in total. The van der Waals surface area contributed by atoms with Gasteiger partial charge >= 0.3 is 0 Å². The maximum absolute atomic E-state index is 5.61. The predicted molar refractivity (Wildman–Crippen MR) is 68.8 cm³/mol. The first-order valence-electron chi connectivity index (χ1n) is 6.70. The molecule has 1 saturated carbocycles. The summed E-state index contributed by atoms with van der Waals surface area (Å²) < 4.78 is 5.61. The zero-order valence-electron chi connectivity index (χ0n) is 11.3. The molecule has 1 fully saturated rings. The van der Waals surface area contributed by atoms with Crippen LogP contribution in [0.5, 0.6) is 0 Å². The molecule has 1 rings (SSSR count). The Labute approximate surface area is 101 Å². The summed E-state index contributed by atoms with van der Waals surface area (Å²) in [5, 5.41) is 3.59. The highest BCUT2D eigenvalue weighted by Crippen LogP contribution is 2.23. The van der Waals surface area contributed by atoms with Gasteiger partial charge in [0.2, 0.25) is 0 Å². The Morgan fingerprint density at radius 3 is 2.75 bits per heavy atom. The summed E-state index contributed by atoms with van der Waals surface area (Å²) in [4.78, 5) is 2.46. The van der Waals surface area contributed by atoms with Crippen LogP contribution in [0.4, 0.5) is 0 Å². The monoisotopic (exact) mass is 228 g/mol. The van der Waals surface area contributed by atoms with E-state index in [1.54, 1.807) is 0 Å². The van der Waals surface area contributed by atoms with Crippen LogP contribution in [0.3, 0.4) is 0 Å². The third-order valence-electron chi connectivity index (χ3n) is 3.41. The highest BCUT2D eigenvalue weighted by Gasteiger charge is 2.29. The van der Waals surface area contributed by atoms with Crippen molar-refractivity contribution in [3.05, 3.63) is 0 Å². The van der Waals surface area contributed by atoms with Gasteiger partial charge in [0.05, 0.1) is 12.7 Å². The molecule has 16 heavy (non-hydrogen) atoms. The minimum absolute atomic E-state index is 0.349. The van der Waals surface area contributed by atoms with Crippen molar-refractivity contribution in [2.45, 2.75) is 58.2 Å². The average Bonchev–Trinajstić information content (AvgIpc) is 2.66. The second-order valence-corrected chi connectivity index (χ2v) is 5.06. The van der Waals surface area contributed by atoms with Crippen LogP contribution in [0, 0.1) is 0 Å². The van der Waals surface area contributed by atoms with Gasteiger partial charge in [-0.15, -0.1) is 0 Å². The van der Waals surface area contributed by atoms with Crippen LogP contribution in [0.2, 0.25) is 0 Å². The highest BCUT2D eigenvalue weighted by atomic mass is 16.5. The Morgan fingerprint density at radius 1 is 1.38 bits per heavy atom. The Hall–Kier alpha value is -0.120. The fraction of sp³-hybridized carbons (Fsp3) is 1.00. The quantitative estimate of drug-likeness (QED) is 0.720. The van der Waals surface area contributed by atoms with Crippen LogP contribution in [0.15, 0.2) is 0 Å². The summed E-state index contributed by atoms with van der Waals surface area (Å²) in [7, 11) is 2.23. The van der Waals surface area contributed by atoms with Crippen LogP contribution in [-0.2, 0) is 4.74 Å². The number of rotatable bonds is 7. The van der Waals surface area contributed by atoms with Gasteiger partial charge in [0.1, 0.15) is 0 Å². The van der Waals surface area contributed by atoms with Crippen LogP contribution < -0.4 is 5.32 Å². The van der Waals surface area contributed by atoms with E-state index in [2.05, 4.69) is 38.0 Å². The zero-order valence-corrected chi connectivity index (χ0v) is 11.3. The van der Waals surface area contributed by atoms with Crippen LogP contribution in [0.1, 0.15) is 40.0 Å². The second-order valence-electron chi connectivity index (χ2n) is 5.06. The van der Waals surface area contributed by atoms with Crippen molar-refractivity contribution in [3.63, 3.8) is 0 Å². The normalized spacial score (nSPS) is 25.9. The Balaban J connectivity index is 2.26. The molecular weight excluding hydrogens is 200 g/mol. The molecule has 0 aromatic heterocycles. The smallest absolute Gasteiger partial charge is 0.0596 e. The van der Waals surface area contributed by atoms with E-state index in [0.29, 0.717) is 18.2 Å². The van der Waals surface area contributed by atoms with Gasteiger partial charge in [-0.2, -0.15) is 0 Å². The van der Waals surface area contributed by atoms with Crippen molar-refractivity contribution in [2.75, 3.05) is 26.7 Å². The van der Waals surface area contributed by atoms with E-state index in [1.807, 2.05) is 0 Å². The van der Waals surface area contributed by atoms with E-state index in [1.165, 1.54) is 19.3 Å². The number of hydrogen-bond acceptors (Lipinski definition) is 3. The molecule has 0 heterocycles. The lowest BCUT2D eigenvalue weighted by Gasteiger charge is -2.30. The number of ether oxygens (including phenoxy) is 1. The van der Waals surface area contributed by atoms with E-state index >= 15 is 0 Å². The van der Waals surface area contributed by atoms with Gasteiger partial charge in [-0.3, -0.25) is 4.90 Å². The minimum Gasteiger partial charge on any atom is -0.377 e. The molecule has 2 atom stereocenters. The average molecular weight is 228 g/mol. The number of hydrogen-bond donors (Lipinski definition) is 1. The molecule has 0 saturated heterocycles. The fourth-order valence-corrected chi connectivity index (χ4v) is 2.57. The summed E-state index contributed by atoms with van der Waals surface area (Å²) in [6, 6.07) is 1.39. The molecule has 2 unspecified atom stereocenters. The third kappa shape index (κ3) is 4.40. The summed E-state index contributed by atoms with van der Waals surface area (Å²) in [5.41, 5.74) is 0. The first-order chi connectivity index (χ1) is 7.65. The Morgan fingerprint density at radius 2 is 2.12 bits per heavy atom. The number of nitrogens with zero attached hydrogens (tertiary/aromatic N) is 1. The molecular formula is C13H28N2O. The van der Waals surface area contributed by atoms with Gasteiger partial charge in [-0.05, 0) is 40.3 Å². The van der Waals surface area contributed by atoms with Gasteiger partial charge in [0.15, 0.2) is 0 Å². The lowest BCUT2D eigenvalue weighted by atomic mass is 10.1. The van der Waals surface area contributed by atoms with E-state index in [0.717, 1.165) is 19.7 Å². The summed E-state index contributed by atoms with van der Waals surface area (Å²) in [5.74, 6) is 0. The van der Waals surface area contributed by atoms with Gasteiger partial charge < -0.3 is 10.1 Å². The Bertz CT molecular complexity index is 185. The standard InChI is InChI=1S/C13H28N2O/c1-5-14-12-7-6-8-13(12)15(4)9-10-16-11(2)3/h11-14H,5-10H2,1-4H3. The van der Waals surface area contributed by atoms with Crippen molar-refractivity contribution in [1.82, 2.24) is 10.2 Å². The topological polar surface area (TPSA) is 24.5 Å². The summed E-state index contributed by atoms with van der Waals surface area (Å²) in [6.07, 6.45) is 4.36. The van der Waals surface area contributed by atoms with Gasteiger partial charge in [-0.1, -0.05) is 13.3 Å². The van der Waals surface area contributed by atoms with Crippen LogP contribution in [-0.4, -0.2) is 49.8 Å². The van der Waals surface area contributed by atoms with Gasteiger partial charge in [0, 0.05) is 18.6 Å². The van der Waals surface area contributed by atoms with Gasteiger partial charge in [0.25, 0.3) is 0 Å². The zero-order chi connectivity index (χ0) is 12.0. The third-order valence-corrected chi connectivity index (χ3v) is 3.41. The second kappa shape index (κ2) is 7.25. The molecule has 1 N–H and O–H groups in total. The van der Waals surface area contributed by atoms with Crippen LogP contribution in [0.25, 0.3) is 0 Å². The highest BCUT2D eigenvalue weighted by molar-refractivity contribution is 4.88. The maximum Gasteiger partial charge on any atom is 0.0596 e. The minimum atomic E-state index is 0.349. The van der Waals surface area contributed by atoms with Crippen molar-refractivity contribution >= 4 is 0 Å². The molecule has 0 aliphatic heterocycles. The first kappa shape index (κ1) is 13.9. The number of nitrogens with one attached hydrogen (secondary N) is 1. The molecule has 0 spiro atoms. The molecule has 0 aromatic carbocycles. The fourth-order valence-electron chi connectivity index (χ4n) is 2.57. The van der Waals surface area contributed by atoms with E-state index < -0.39 is 0 Å². The molecule has 1 aliphatic carbocycles. The summed E-state index contributed by atoms with van der Waals surface area (Å²) in [6.45, 7) is 9.36. The van der Waals surface area contributed by atoms with Crippen molar-refractivity contribution in [3.8, 4) is 0 Å². The number of likely N-dealkylation sites (N-methyl/N-ethyl adjacent to an activating group) is 2. The molecule has 0 bridgehead atoms. The molecule has 96 valence electrons. The van der Waals surface area contributed by atoms with E-state index in [4.69, 9.17) is 4.74 Å². The van der Waals surface area contributed by atoms with E-state index in [-0.39, 0.29) is 0 Å². The van der Waals surface area contributed by atoms with Gasteiger partial charge in [-0.25, -0.2) is 0 Å². The lowest BCUT2D eigenvalue weighted by molar-refractivity contribution is 0.0537. The molecule has 0 amide bonds. The maximum atomic E-state index is 5.61.